The fraction of sp³-hybridized carbons (Fsp3) is 0.346. The number of nitrogens with zero attached hydrogens (tertiary/aromatic N) is 3. The molecule has 0 aliphatic carbocycles. The van der Waals surface area contributed by atoms with Gasteiger partial charge < -0.3 is 14.6 Å². The van der Waals surface area contributed by atoms with Crippen molar-refractivity contribution in [2.24, 2.45) is 0 Å². The van der Waals surface area contributed by atoms with E-state index in [0.29, 0.717) is 37.2 Å². The molecule has 0 aliphatic rings. The highest BCUT2D eigenvalue weighted by Gasteiger charge is 2.36. The molecule has 0 radical (unpaired) electrons. The molecule has 0 bridgehead atoms. The minimum absolute atomic E-state index is 0.273. The van der Waals surface area contributed by atoms with Gasteiger partial charge >= 0.3 is 5.97 Å². The van der Waals surface area contributed by atoms with Gasteiger partial charge in [-0.05, 0) is 22.8 Å². The van der Waals surface area contributed by atoms with Crippen LogP contribution in [0.25, 0.3) is 11.1 Å². The summed E-state index contributed by atoms with van der Waals surface area (Å²) in [5.74, 6) is 1.93. The predicted molar refractivity (Wildman–Crippen MR) is 126 cm³/mol. The number of aryl methyl sites for hydroxylation is 1. The Labute approximate surface area is 194 Å². The summed E-state index contributed by atoms with van der Waals surface area (Å²) >= 11 is 0. The summed E-state index contributed by atoms with van der Waals surface area (Å²) in [6.07, 6.45) is 8.00. The van der Waals surface area contributed by atoms with Crippen molar-refractivity contribution in [2.45, 2.75) is 44.9 Å². The molecule has 2 aromatic carbocycles. The molecule has 0 saturated carbocycles. The largest absolute Gasteiger partial charge is 0.478 e. The third-order valence-corrected chi connectivity index (χ3v) is 5.58. The maximum Gasteiger partial charge on any atom is 0.336 e. The van der Waals surface area contributed by atoms with E-state index < -0.39 is 11.8 Å². The lowest BCUT2D eigenvalue weighted by Gasteiger charge is -2.27. The van der Waals surface area contributed by atoms with E-state index in [1.165, 1.54) is 0 Å². The zero-order valence-corrected chi connectivity index (χ0v) is 19.2. The van der Waals surface area contributed by atoms with Gasteiger partial charge in [0.1, 0.15) is 5.82 Å². The number of hydrogen-bond acceptors (Lipinski definition) is 5. The van der Waals surface area contributed by atoms with Crippen LogP contribution in [0.15, 0.2) is 48.5 Å². The van der Waals surface area contributed by atoms with Crippen molar-refractivity contribution < 1.29 is 19.4 Å². The van der Waals surface area contributed by atoms with Gasteiger partial charge in [-0.25, -0.2) is 14.5 Å². The number of carboxylic acids is 1. The summed E-state index contributed by atoms with van der Waals surface area (Å²) < 4.78 is 13.2. The highest BCUT2D eigenvalue weighted by molar-refractivity contribution is 5.95. The van der Waals surface area contributed by atoms with Gasteiger partial charge in [0.15, 0.2) is 0 Å². The van der Waals surface area contributed by atoms with Crippen molar-refractivity contribution in [2.75, 3.05) is 14.2 Å². The molecule has 0 unspecified atom stereocenters. The Morgan fingerprint density at radius 2 is 1.85 bits per heavy atom. The van der Waals surface area contributed by atoms with Gasteiger partial charge in [-0.2, -0.15) is 5.10 Å². The molecule has 1 aromatic heterocycles. The number of methoxy groups -OCH3 is 2. The zero-order valence-electron chi connectivity index (χ0n) is 19.2. The van der Waals surface area contributed by atoms with Crippen LogP contribution in [0.1, 0.15) is 53.8 Å². The van der Waals surface area contributed by atoms with Crippen molar-refractivity contribution >= 4 is 5.97 Å². The predicted octanol–water partition coefficient (Wildman–Crippen LogP) is 4.50. The van der Waals surface area contributed by atoms with Gasteiger partial charge in [0.05, 0.1) is 12.1 Å². The summed E-state index contributed by atoms with van der Waals surface area (Å²) in [5.41, 5.74) is 2.81. The molecule has 1 heterocycles. The molecule has 0 aliphatic heterocycles. The summed E-state index contributed by atoms with van der Waals surface area (Å²) in [6, 6.07) is 14.8. The number of ether oxygens (including phenoxy) is 2. The number of aromatic nitrogens is 3. The van der Waals surface area contributed by atoms with E-state index in [4.69, 9.17) is 20.9 Å². The minimum atomic E-state index is -1.00. The van der Waals surface area contributed by atoms with Crippen LogP contribution in [0.5, 0.6) is 0 Å². The standard InChI is InChI=1S/C26H29N3O4/c1-5-7-17-29-23(27-25(28-29)26(32-3,33-4)16-6-2)18-19-12-14-20(15-13-19)21-10-8-9-11-22(21)24(30)31/h1,8-15H,6-7,16-18H2,2-4H3,(H,30,31). The van der Waals surface area contributed by atoms with E-state index >= 15 is 0 Å². The van der Waals surface area contributed by atoms with E-state index in [-0.39, 0.29) is 5.56 Å². The van der Waals surface area contributed by atoms with Gasteiger partial charge in [-0.3, -0.25) is 0 Å². The second kappa shape index (κ2) is 10.9. The number of aromatic carboxylic acids is 1. The lowest BCUT2D eigenvalue weighted by Crippen LogP contribution is -2.32. The number of carbonyl (C=O) groups is 1. The van der Waals surface area contributed by atoms with Crippen LogP contribution in [0.3, 0.4) is 0 Å². The van der Waals surface area contributed by atoms with Gasteiger partial charge in [0, 0.05) is 33.5 Å². The first-order valence-corrected chi connectivity index (χ1v) is 10.9. The molecular weight excluding hydrogens is 418 g/mol. The van der Waals surface area contributed by atoms with Crippen molar-refractivity contribution in [1.29, 1.82) is 0 Å². The molecule has 0 saturated heterocycles. The van der Waals surface area contributed by atoms with Gasteiger partial charge in [-0.15, -0.1) is 12.3 Å². The van der Waals surface area contributed by atoms with Crippen molar-refractivity contribution in [3.63, 3.8) is 0 Å². The first kappa shape index (κ1) is 24.2. The molecule has 3 rings (SSSR count). The molecule has 33 heavy (non-hydrogen) atoms. The van der Waals surface area contributed by atoms with Crippen LogP contribution in [-0.2, 0) is 28.2 Å². The smallest absolute Gasteiger partial charge is 0.336 e. The number of hydrogen-bond donors (Lipinski definition) is 1. The monoisotopic (exact) mass is 447 g/mol. The molecule has 0 spiro atoms. The van der Waals surface area contributed by atoms with Crippen molar-refractivity contribution in [3.05, 3.63) is 71.3 Å². The lowest BCUT2D eigenvalue weighted by atomic mass is 9.98. The minimum Gasteiger partial charge on any atom is -0.478 e. The fourth-order valence-electron chi connectivity index (χ4n) is 3.83. The molecule has 0 amide bonds. The molecular formula is C26H29N3O4. The van der Waals surface area contributed by atoms with Gasteiger partial charge in [0.25, 0.3) is 0 Å². The Morgan fingerprint density at radius 3 is 2.45 bits per heavy atom. The van der Waals surface area contributed by atoms with Crippen LogP contribution in [0.4, 0.5) is 0 Å². The van der Waals surface area contributed by atoms with E-state index in [0.717, 1.165) is 23.4 Å². The maximum atomic E-state index is 11.6. The molecule has 172 valence electrons. The molecule has 0 atom stereocenters. The molecule has 7 heteroatoms. The average Bonchev–Trinajstić information content (AvgIpc) is 3.24. The first-order chi connectivity index (χ1) is 16.0. The molecule has 7 nitrogen and oxygen atoms in total. The van der Waals surface area contributed by atoms with E-state index in [1.807, 2.05) is 48.0 Å². The second-order valence-electron chi connectivity index (χ2n) is 7.66. The second-order valence-corrected chi connectivity index (χ2v) is 7.66. The molecule has 3 aromatic rings. The normalized spacial score (nSPS) is 11.3. The Kier molecular flexibility index (Phi) is 7.99. The fourth-order valence-corrected chi connectivity index (χ4v) is 3.83. The third-order valence-electron chi connectivity index (χ3n) is 5.58. The third kappa shape index (κ3) is 5.30. The van der Waals surface area contributed by atoms with Crippen molar-refractivity contribution in [1.82, 2.24) is 14.8 Å². The highest BCUT2D eigenvalue weighted by atomic mass is 16.7. The average molecular weight is 448 g/mol. The van der Waals surface area contributed by atoms with Crippen LogP contribution in [0.2, 0.25) is 0 Å². The molecule has 1 N–H and O–H groups in total. The maximum absolute atomic E-state index is 11.6. The zero-order chi connectivity index (χ0) is 23.8. The van der Waals surface area contributed by atoms with Crippen LogP contribution in [-0.4, -0.2) is 40.1 Å². The topological polar surface area (TPSA) is 86.5 Å². The molecule has 0 fully saturated rings. The summed E-state index contributed by atoms with van der Waals surface area (Å²) in [7, 11) is 3.18. The van der Waals surface area contributed by atoms with E-state index in [9.17, 15) is 9.90 Å². The summed E-state index contributed by atoms with van der Waals surface area (Å²) in [5, 5.41) is 14.1. The lowest BCUT2D eigenvalue weighted by molar-refractivity contribution is -0.225. The van der Waals surface area contributed by atoms with E-state index in [2.05, 4.69) is 11.0 Å². The van der Waals surface area contributed by atoms with Crippen LogP contribution < -0.4 is 0 Å². The Hall–Kier alpha value is -3.47. The van der Waals surface area contributed by atoms with E-state index in [1.54, 1.807) is 26.4 Å². The Morgan fingerprint density at radius 1 is 1.15 bits per heavy atom. The quantitative estimate of drug-likeness (QED) is 0.344. The number of terminal acetylenes is 1. The van der Waals surface area contributed by atoms with Crippen LogP contribution in [0, 0.1) is 12.3 Å². The number of rotatable bonds is 11. The SMILES string of the molecule is C#CCCn1nc(C(CCC)(OC)OC)nc1Cc1ccc(-c2ccccc2C(=O)O)cc1. The summed E-state index contributed by atoms with van der Waals surface area (Å²) in [4.78, 5) is 16.3. The highest BCUT2D eigenvalue weighted by Crippen LogP contribution is 2.30. The Bertz CT molecular complexity index is 1130. The van der Waals surface area contributed by atoms with Crippen molar-refractivity contribution in [3.8, 4) is 23.5 Å². The van der Waals surface area contributed by atoms with Crippen LogP contribution >= 0.6 is 0 Å². The number of benzene rings is 2. The summed E-state index contributed by atoms with van der Waals surface area (Å²) in [6.45, 7) is 2.59. The number of carboxylic acid groups (broad SMARTS) is 1. The Balaban J connectivity index is 1.92. The first-order valence-electron chi connectivity index (χ1n) is 10.9. The van der Waals surface area contributed by atoms with Gasteiger partial charge in [-0.1, -0.05) is 55.8 Å². The van der Waals surface area contributed by atoms with Gasteiger partial charge in [0.2, 0.25) is 11.6 Å².